The number of nitrogens with one attached hydrogen (secondary N) is 2. The molecule has 0 unspecified atom stereocenters. The number of halogens is 2. The van der Waals surface area contributed by atoms with Crippen LogP contribution in [0.1, 0.15) is 16.1 Å². The van der Waals surface area contributed by atoms with Crippen molar-refractivity contribution in [3.8, 4) is 0 Å². The molecule has 1 aromatic carbocycles. The molecule has 0 saturated heterocycles. The summed E-state index contributed by atoms with van der Waals surface area (Å²) in [6.45, 7) is 1.87. The minimum absolute atomic E-state index is 0.296. The number of pyridine rings is 1. The highest BCUT2D eigenvalue weighted by atomic mass is 127. The summed E-state index contributed by atoms with van der Waals surface area (Å²) in [5, 5.41) is 4.20. The van der Waals surface area contributed by atoms with E-state index in [1.54, 1.807) is 12.1 Å². The Balaban J connectivity index is 2.11. The van der Waals surface area contributed by atoms with Crippen LogP contribution in [-0.4, -0.2) is 18.0 Å². The van der Waals surface area contributed by atoms with Crippen molar-refractivity contribution in [1.29, 1.82) is 0 Å². The number of aromatic nitrogens is 1. The molecule has 2 aromatic heterocycles. The maximum absolute atomic E-state index is 14.1. The number of rotatable bonds is 4. The number of hydrogen-bond donors (Lipinski definition) is 2. The van der Waals surface area contributed by atoms with Gasteiger partial charge in [0.15, 0.2) is 0 Å². The standard InChI is InChI=1S/C16H13FIN3O2S/c1-8-3-5-10-13(14(22)21-23-2)16(24-15(10)19-8)20-12-6-4-9(18)7-11(12)17/h3-7,20H,1-2H3,(H,21,22). The Morgan fingerprint density at radius 3 is 2.83 bits per heavy atom. The molecule has 0 aliphatic heterocycles. The van der Waals surface area contributed by atoms with Gasteiger partial charge in [0.1, 0.15) is 15.6 Å². The first kappa shape index (κ1) is 17.1. The molecule has 0 bridgehead atoms. The molecule has 0 atom stereocenters. The van der Waals surface area contributed by atoms with Crippen molar-refractivity contribution < 1.29 is 14.0 Å². The Labute approximate surface area is 155 Å². The zero-order chi connectivity index (χ0) is 17.3. The van der Waals surface area contributed by atoms with Crippen LogP contribution in [0.4, 0.5) is 15.1 Å². The SMILES string of the molecule is CONC(=O)c1c(Nc2ccc(I)cc2F)sc2nc(C)ccc12. The third kappa shape index (κ3) is 3.35. The summed E-state index contributed by atoms with van der Waals surface area (Å²) in [6.07, 6.45) is 0. The second kappa shape index (κ2) is 6.99. The second-order valence-electron chi connectivity index (χ2n) is 5.00. The number of aryl methyl sites for hydroxylation is 1. The number of anilines is 2. The molecule has 1 amide bonds. The van der Waals surface area contributed by atoms with Crippen LogP contribution in [-0.2, 0) is 4.84 Å². The zero-order valence-electron chi connectivity index (χ0n) is 12.8. The van der Waals surface area contributed by atoms with Crippen LogP contribution < -0.4 is 10.8 Å². The highest BCUT2D eigenvalue weighted by Gasteiger charge is 2.21. The van der Waals surface area contributed by atoms with Crippen molar-refractivity contribution in [2.45, 2.75) is 6.92 Å². The van der Waals surface area contributed by atoms with Crippen molar-refractivity contribution in [1.82, 2.24) is 10.5 Å². The van der Waals surface area contributed by atoms with Gasteiger partial charge in [0.25, 0.3) is 5.91 Å². The van der Waals surface area contributed by atoms with Gasteiger partial charge in [-0.2, -0.15) is 0 Å². The first-order chi connectivity index (χ1) is 11.5. The molecule has 124 valence electrons. The summed E-state index contributed by atoms with van der Waals surface area (Å²) in [4.78, 5) is 22.2. The number of benzene rings is 1. The number of thiophene rings is 1. The third-order valence-corrected chi connectivity index (χ3v) is 4.98. The number of fused-ring (bicyclic) bond motifs is 1. The van der Waals surface area contributed by atoms with E-state index in [2.05, 4.69) is 15.8 Å². The van der Waals surface area contributed by atoms with E-state index in [9.17, 15) is 9.18 Å². The number of nitrogens with zero attached hydrogens (tertiary/aromatic N) is 1. The molecule has 3 rings (SSSR count). The Morgan fingerprint density at radius 1 is 1.33 bits per heavy atom. The topological polar surface area (TPSA) is 63.2 Å². The fourth-order valence-electron chi connectivity index (χ4n) is 2.24. The van der Waals surface area contributed by atoms with Crippen LogP contribution in [0.3, 0.4) is 0 Å². The Kier molecular flexibility index (Phi) is 4.97. The molecule has 5 nitrogen and oxygen atoms in total. The summed E-state index contributed by atoms with van der Waals surface area (Å²) < 4.78 is 14.9. The lowest BCUT2D eigenvalue weighted by Gasteiger charge is -2.08. The van der Waals surface area contributed by atoms with E-state index in [4.69, 9.17) is 4.84 Å². The molecule has 0 aliphatic carbocycles. The van der Waals surface area contributed by atoms with Gasteiger partial charge in [-0.05, 0) is 59.8 Å². The minimum atomic E-state index is -0.414. The van der Waals surface area contributed by atoms with E-state index in [1.165, 1.54) is 24.5 Å². The molecule has 0 radical (unpaired) electrons. The van der Waals surface area contributed by atoms with Crippen molar-refractivity contribution in [3.05, 3.63) is 51.0 Å². The normalized spacial score (nSPS) is 10.8. The smallest absolute Gasteiger partial charge is 0.278 e. The van der Waals surface area contributed by atoms with Crippen LogP contribution >= 0.6 is 33.9 Å². The molecule has 2 heterocycles. The molecule has 8 heteroatoms. The average molecular weight is 457 g/mol. The van der Waals surface area contributed by atoms with Crippen LogP contribution in [0.25, 0.3) is 10.2 Å². The summed E-state index contributed by atoms with van der Waals surface area (Å²) in [6, 6.07) is 8.50. The number of carbonyl (C=O) groups excluding carboxylic acids is 1. The van der Waals surface area contributed by atoms with Gasteiger partial charge in [-0.3, -0.25) is 9.63 Å². The quantitative estimate of drug-likeness (QED) is 0.451. The van der Waals surface area contributed by atoms with E-state index in [0.29, 0.717) is 26.5 Å². The van der Waals surface area contributed by atoms with Crippen molar-refractivity contribution in [2.75, 3.05) is 12.4 Å². The molecular formula is C16H13FIN3O2S. The van der Waals surface area contributed by atoms with Gasteiger partial charge in [0.2, 0.25) is 0 Å². The molecule has 0 saturated carbocycles. The van der Waals surface area contributed by atoms with E-state index < -0.39 is 5.91 Å². The number of carbonyl (C=O) groups is 1. The molecule has 2 N–H and O–H groups in total. The van der Waals surface area contributed by atoms with E-state index >= 15 is 0 Å². The molecule has 3 aromatic rings. The maximum Gasteiger partial charge on any atom is 0.278 e. The van der Waals surface area contributed by atoms with Crippen LogP contribution in [0.5, 0.6) is 0 Å². The fourth-order valence-corrected chi connectivity index (χ4v) is 3.82. The van der Waals surface area contributed by atoms with Crippen LogP contribution in [0.2, 0.25) is 0 Å². The number of amides is 1. The predicted octanol–water partition coefficient (Wildman–Crippen LogP) is 4.38. The minimum Gasteiger partial charge on any atom is -0.344 e. The number of hydrogen-bond acceptors (Lipinski definition) is 5. The lowest BCUT2D eigenvalue weighted by Crippen LogP contribution is -2.22. The van der Waals surface area contributed by atoms with Gasteiger partial charge < -0.3 is 5.32 Å². The molecular weight excluding hydrogens is 444 g/mol. The molecule has 0 spiro atoms. The van der Waals surface area contributed by atoms with Gasteiger partial charge in [-0.1, -0.05) is 11.3 Å². The average Bonchev–Trinajstić information content (AvgIpc) is 2.87. The van der Waals surface area contributed by atoms with Gasteiger partial charge in [0, 0.05) is 14.7 Å². The predicted molar refractivity (Wildman–Crippen MR) is 101 cm³/mol. The Morgan fingerprint density at radius 2 is 2.12 bits per heavy atom. The largest absolute Gasteiger partial charge is 0.344 e. The molecule has 0 aliphatic rings. The third-order valence-electron chi connectivity index (χ3n) is 3.30. The highest BCUT2D eigenvalue weighted by molar-refractivity contribution is 14.1. The summed E-state index contributed by atoms with van der Waals surface area (Å²) in [5.74, 6) is -0.801. The lowest BCUT2D eigenvalue weighted by atomic mass is 10.2. The highest BCUT2D eigenvalue weighted by Crippen LogP contribution is 2.37. The van der Waals surface area contributed by atoms with E-state index in [1.807, 2.05) is 41.6 Å². The van der Waals surface area contributed by atoms with Gasteiger partial charge in [0.05, 0.1) is 18.4 Å². The zero-order valence-corrected chi connectivity index (χ0v) is 15.8. The van der Waals surface area contributed by atoms with Crippen molar-refractivity contribution in [2.24, 2.45) is 0 Å². The summed E-state index contributed by atoms with van der Waals surface area (Å²) in [7, 11) is 1.36. The van der Waals surface area contributed by atoms with E-state index in [-0.39, 0.29) is 5.82 Å². The van der Waals surface area contributed by atoms with E-state index in [0.717, 1.165) is 9.26 Å². The van der Waals surface area contributed by atoms with Gasteiger partial charge >= 0.3 is 0 Å². The molecule has 0 fully saturated rings. The number of hydroxylamine groups is 1. The Hall–Kier alpha value is -1.78. The van der Waals surface area contributed by atoms with Crippen LogP contribution in [0, 0.1) is 16.3 Å². The lowest BCUT2D eigenvalue weighted by molar-refractivity contribution is 0.0540. The monoisotopic (exact) mass is 457 g/mol. The van der Waals surface area contributed by atoms with Crippen molar-refractivity contribution in [3.63, 3.8) is 0 Å². The van der Waals surface area contributed by atoms with Crippen LogP contribution in [0.15, 0.2) is 30.3 Å². The Bertz CT molecular complexity index is 929. The second-order valence-corrected chi connectivity index (χ2v) is 7.24. The first-order valence-corrected chi connectivity index (χ1v) is 8.84. The summed E-state index contributed by atoms with van der Waals surface area (Å²) >= 11 is 3.33. The van der Waals surface area contributed by atoms with Crippen molar-refractivity contribution >= 4 is 60.7 Å². The van der Waals surface area contributed by atoms with Gasteiger partial charge in [-0.25, -0.2) is 14.9 Å². The fraction of sp³-hybridized carbons (Fsp3) is 0.125. The molecule has 24 heavy (non-hydrogen) atoms. The summed E-state index contributed by atoms with van der Waals surface area (Å²) in [5.41, 5.74) is 3.83. The van der Waals surface area contributed by atoms with Gasteiger partial charge in [-0.15, -0.1) is 0 Å². The first-order valence-electron chi connectivity index (χ1n) is 6.95. The maximum atomic E-state index is 14.1.